The van der Waals surface area contributed by atoms with E-state index in [1.807, 2.05) is 36.5 Å². The Bertz CT molecular complexity index is 2430. The van der Waals surface area contributed by atoms with Gasteiger partial charge in [0.2, 0.25) is 0 Å². The van der Waals surface area contributed by atoms with Gasteiger partial charge in [-0.05, 0) is 49.2 Å². The summed E-state index contributed by atoms with van der Waals surface area (Å²) >= 11 is 0. The molecule has 0 N–H and O–H groups in total. The Balaban J connectivity index is 1.39. The molecule has 9 rings (SSSR count). The first-order valence-electron chi connectivity index (χ1n) is 14.9. The van der Waals surface area contributed by atoms with Gasteiger partial charge < -0.3 is 0 Å². The van der Waals surface area contributed by atoms with Crippen molar-refractivity contribution in [1.82, 2.24) is 29.1 Å². The lowest BCUT2D eigenvalue weighted by Gasteiger charge is -2.13. The topological polar surface area (TPSA) is 61.4 Å². The van der Waals surface area contributed by atoms with Crippen LogP contribution in [0.4, 0.5) is 0 Å². The summed E-state index contributed by atoms with van der Waals surface area (Å²) in [6, 6.07) is 37.6. The third-order valence-electron chi connectivity index (χ3n) is 8.40. The van der Waals surface area contributed by atoms with Crippen molar-refractivity contribution < 1.29 is 0 Å². The molecule has 5 heterocycles. The highest BCUT2D eigenvalue weighted by molar-refractivity contribution is 6.15. The van der Waals surface area contributed by atoms with E-state index in [-0.39, 0.29) is 0 Å². The normalized spacial score (nSPS) is 13.3. The van der Waals surface area contributed by atoms with Gasteiger partial charge >= 0.3 is 0 Å². The summed E-state index contributed by atoms with van der Waals surface area (Å²) in [5.41, 5.74) is 9.64. The van der Waals surface area contributed by atoms with Crippen molar-refractivity contribution >= 4 is 49.6 Å². The van der Waals surface area contributed by atoms with Gasteiger partial charge in [0.1, 0.15) is 22.5 Å². The summed E-state index contributed by atoms with van der Waals surface area (Å²) in [5.74, 6) is 1.50. The molecule has 0 atom stereocenters. The number of rotatable bonds is 4. The van der Waals surface area contributed by atoms with Gasteiger partial charge in [-0.2, -0.15) is 0 Å². The zero-order valence-electron chi connectivity index (χ0n) is 23.8. The standard InChI is InChI=1S/C38H26N6/c1-4-13-25(14-5-1)30-24-34(41-37(40-30)26-15-6-2-7-16-26)44-32-21-12-22-39-35(32)36-33(44)23-29-28-19-10-11-20-31(28)43(38(29)42-36)27-17-8-3-9-18-27/h1,3-6,8-24H,2,7H2. The highest BCUT2D eigenvalue weighted by Crippen LogP contribution is 2.37. The van der Waals surface area contributed by atoms with Gasteiger partial charge in [0.15, 0.2) is 5.82 Å². The van der Waals surface area contributed by atoms with Crippen LogP contribution < -0.4 is 0 Å². The summed E-state index contributed by atoms with van der Waals surface area (Å²) in [6.07, 6.45) is 10.4. The van der Waals surface area contributed by atoms with E-state index in [9.17, 15) is 0 Å². The maximum Gasteiger partial charge on any atom is 0.161 e. The summed E-state index contributed by atoms with van der Waals surface area (Å²) in [4.78, 5) is 20.5. The lowest BCUT2D eigenvalue weighted by atomic mass is 10.1. The number of aromatic nitrogens is 6. The number of hydrogen-bond acceptors (Lipinski definition) is 4. The second-order valence-corrected chi connectivity index (χ2v) is 11.1. The summed E-state index contributed by atoms with van der Waals surface area (Å²) in [6.45, 7) is 0. The molecule has 0 unspecified atom stereocenters. The van der Waals surface area contributed by atoms with E-state index in [4.69, 9.17) is 19.9 Å². The van der Waals surface area contributed by atoms with Crippen LogP contribution in [-0.4, -0.2) is 29.1 Å². The van der Waals surface area contributed by atoms with Crippen LogP contribution in [0, 0.1) is 0 Å². The molecule has 0 saturated carbocycles. The van der Waals surface area contributed by atoms with Gasteiger partial charge in [0, 0.05) is 39.9 Å². The summed E-state index contributed by atoms with van der Waals surface area (Å²) in [5, 5.41) is 2.23. The predicted octanol–water partition coefficient (Wildman–Crippen LogP) is 8.86. The lowest BCUT2D eigenvalue weighted by Crippen LogP contribution is -2.05. The Hall–Kier alpha value is -5.88. The largest absolute Gasteiger partial charge is 0.294 e. The summed E-state index contributed by atoms with van der Waals surface area (Å²) in [7, 11) is 0. The molecule has 0 bridgehead atoms. The fourth-order valence-electron chi connectivity index (χ4n) is 6.41. The van der Waals surface area contributed by atoms with Crippen LogP contribution in [0.2, 0.25) is 0 Å². The third kappa shape index (κ3) is 3.81. The molecular weight excluding hydrogens is 540 g/mol. The van der Waals surface area contributed by atoms with Crippen LogP contribution in [0.15, 0.2) is 134 Å². The molecule has 44 heavy (non-hydrogen) atoms. The Morgan fingerprint density at radius 1 is 0.591 bits per heavy atom. The number of benzene rings is 3. The molecule has 1 aliphatic carbocycles. The van der Waals surface area contributed by atoms with Crippen molar-refractivity contribution in [3.8, 4) is 22.8 Å². The number of para-hydroxylation sites is 2. The monoisotopic (exact) mass is 566 g/mol. The highest BCUT2D eigenvalue weighted by Gasteiger charge is 2.22. The molecule has 1 aliphatic rings. The van der Waals surface area contributed by atoms with Gasteiger partial charge in [0.25, 0.3) is 0 Å². The SMILES string of the molecule is C1=CC(c2nc(-c3ccccc3)cc(-n3c4cccnc4c4nc5c(cc43)c3ccccc3n5-c3ccccc3)n2)=CCC1. The van der Waals surface area contributed by atoms with E-state index >= 15 is 0 Å². The second-order valence-electron chi connectivity index (χ2n) is 11.1. The van der Waals surface area contributed by atoms with E-state index in [0.717, 1.165) is 85.2 Å². The maximum atomic E-state index is 5.37. The van der Waals surface area contributed by atoms with Crippen LogP contribution in [0.3, 0.4) is 0 Å². The van der Waals surface area contributed by atoms with Gasteiger partial charge in [-0.3, -0.25) is 14.1 Å². The molecule has 0 fully saturated rings. The van der Waals surface area contributed by atoms with E-state index in [2.05, 4.69) is 106 Å². The molecule has 8 aromatic rings. The van der Waals surface area contributed by atoms with Crippen molar-refractivity contribution in [3.05, 3.63) is 139 Å². The number of allylic oxidation sites excluding steroid dienone is 4. The fourth-order valence-corrected chi connectivity index (χ4v) is 6.41. The molecule has 0 amide bonds. The highest BCUT2D eigenvalue weighted by atomic mass is 15.1. The second kappa shape index (κ2) is 9.85. The third-order valence-corrected chi connectivity index (χ3v) is 8.40. The number of hydrogen-bond donors (Lipinski definition) is 0. The zero-order chi connectivity index (χ0) is 29.0. The first-order valence-corrected chi connectivity index (χ1v) is 14.9. The average molecular weight is 567 g/mol. The fraction of sp³-hybridized carbons (Fsp3) is 0.0526. The smallest absolute Gasteiger partial charge is 0.161 e. The average Bonchev–Trinajstić information content (AvgIpc) is 3.60. The minimum atomic E-state index is 0.714. The first kappa shape index (κ1) is 24.7. The number of nitrogens with zero attached hydrogens (tertiary/aromatic N) is 6. The van der Waals surface area contributed by atoms with Gasteiger partial charge in [-0.25, -0.2) is 15.0 Å². The van der Waals surface area contributed by atoms with Crippen molar-refractivity contribution in [3.63, 3.8) is 0 Å². The van der Waals surface area contributed by atoms with E-state index < -0.39 is 0 Å². The van der Waals surface area contributed by atoms with Crippen molar-refractivity contribution in [2.24, 2.45) is 0 Å². The molecule has 208 valence electrons. The zero-order valence-corrected chi connectivity index (χ0v) is 23.8. The predicted molar refractivity (Wildman–Crippen MR) is 178 cm³/mol. The Kier molecular flexibility index (Phi) is 5.53. The van der Waals surface area contributed by atoms with E-state index in [1.54, 1.807) is 0 Å². The van der Waals surface area contributed by atoms with Crippen LogP contribution in [0.5, 0.6) is 0 Å². The van der Waals surface area contributed by atoms with Crippen molar-refractivity contribution in [2.75, 3.05) is 0 Å². The van der Waals surface area contributed by atoms with Gasteiger partial charge in [-0.1, -0.05) is 85.0 Å². The minimum Gasteiger partial charge on any atom is -0.294 e. The molecule has 0 aliphatic heterocycles. The Morgan fingerprint density at radius 3 is 2.23 bits per heavy atom. The van der Waals surface area contributed by atoms with Crippen LogP contribution in [0.1, 0.15) is 18.7 Å². The first-order chi connectivity index (χ1) is 21.8. The van der Waals surface area contributed by atoms with Crippen molar-refractivity contribution in [2.45, 2.75) is 12.8 Å². The molecule has 5 aromatic heterocycles. The number of fused-ring (bicyclic) bond motifs is 6. The Morgan fingerprint density at radius 2 is 1.39 bits per heavy atom. The van der Waals surface area contributed by atoms with Crippen molar-refractivity contribution in [1.29, 1.82) is 0 Å². The van der Waals surface area contributed by atoms with Crippen LogP contribution >= 0.6 is 0 Å². The minimum absolute atomic E-state index is 0.714. The molecule has 3 aromatic carbocycles. The Labute approximate surface area is 253 Å². The van der Waals surface area contributed by atoms with Gasteiger partial charge in [0.05, 0.1) is 22.2 Å². The van der Waals surface area contributed by atoms with E-state index in [0.29, 0.717) is 5.82 Å². The molecular formula is C38H26N6. The molecule has 6 heteroatoms. The molecule has 0 radical (unpaired) electrons. The quantitative estimate of drug-likeness (QED) is 0.213. The molecule has 0 saturated heterocycles. The van der Waals surface area contributed by atoms with E-state index in [1.165, 1.54) is 0 Å². The van der Waals surface area contributed by atoms with Gasteiger partial charge in [-0.15, -0.1) is 0 Å². The van der Waals surface area contributed by atoms with Crippen LogP contribution in [0.25, 0.3) is 72.3 Å². The lowest BCUT2D eigenvalue weighted by molar-refractivity contribution is 0.999. The summed E-state index contributed by atoms with van der Waals surface area (Å²) < 4.78 is 4.44. The molecule has 0 spiro atoms. The molecule has 6 nitrogen and oxygen atoms in total. The van der Waals surface area contributed by atoms with Crippen LogP contribution in [-0.2, 0) is 0 Å². The number of pyridine rings is 2. The maximum absolute atomic E-state index is 5.37.